The Morgan fingerprint density at radius 1 is 1.83 bits per heavy atom. The minimum Gasteiger partial charge on any atom is -0.0864 e. The fraction of sp³-hybridized carbons (Fsp3) is 1.00. The Balaban J connectivity index is 3.59. The van der Waals surface area contributed by atoms with Crippen LogP contribution in [0, 0.1) is 0 Å². The largest absolute Gasteiger partial charge is 0.0864 e. The Morgan fingerprint density at radius 2 is 2.50 bits per heavy atom. The molecule has 0 aliphatic rings. The maximum Gasteiger partial charge on any atom is 0.0377 e. The summed E-state index contributed by atoms with van der Waals surface area (Å²) in [6.45, 7) is 1.96. The lowest BCUT2D eigenvalue weighted by Gasteiger charge is -1.85. The van der Waals surface area contributed by atoms with Gasteiger partial charge in [-0.3, -0.25) is 0 Å². The minimum atomic E-state index is -1.35. The van der Waals surface area contributed by atoms with Crippen molar-refractivity contribution in [2.24, 2.45) is 0 Å². The maximum atomic E-state index is 7.24. The van der Waals surface area contributed by atoms with E-state index in [1.807, 2.05) is 6.92 Å². The molecular weight excluding hydrogens is 187 g/mol. The van der Waals surface area contributed by atoms with Crippen molar-refractivity contribution in [3.8, 4) is 0 Å². The third-order valence-electron chi connectivity index (χ3n) is 0.510. The summed E-state index contributed by atoms with van der Waals surface area (Å²) >= 11 is 1.67. The van der Waals surface area contributed by atoms with Gasteiger partial charge >= 0.3 is 0 Å². The van der Waals surface area contributed by atoms with E-state index in [4.69, 9.17) is 4.11 Å². The van der Waals surface area contributed by atoms with Crippen LogP contribution in [0.4, 0.5) is 0 Å². The summed E-state index contributed by atoms with van der Waals surface area (Å²) in [6.07, 6.45) is 0.968. The highest BCUT2D eigenvalue weighted by molar-refractivity contribution is 14.1. The molecule has 0 nitrogen and oxygen atoms in total. The third-order valence-corrected chi connectivity index (χ3v) is 0.951. The van der Waals surface area contributed by atoms with Crippen molar-refractivity contribution in [1.82, 2.24) is 0 Å². The zero-order valence-electron chi connectivity index (χ0n) is 6.87. The van der Waals surface area contributed by atoms with Gasteiger partial charge in [0.25, 0.3) is 0 Å². The Hall–Kier alpha value is 0.730. The van der Waals surface area contributed by atoms with Crippen LogP contribution in [0.25, 0.3) is 0 Å². The smallest absolute Gasteiger partial charge is 0.0377 e. The zero-order valence-corrected chi connectivity index (χ0v) is 6.03. The van der Waals surface area contributed by atoms with E-state index in [2.05, 4.69) is 0 Å². The molecule has 0 bridgehead atoms. The first-order valence-corrected chi connectivity index (χ1v) is 3.17. The van der Waals surface area contributed by atoms with E-state index in [-0.39, 0.29) is 0 Å². The fourth-order valence-corrected chi connectivity index (χ4v) is 0.510. The van der Waals surface area contributed by atoms with Gasteiger partial charge in [-0.15, -0.1) is 0 Å². The van der Waals surface area contributed by atoms with Gasteiger partial charge in [0, 0.05) is 4.11 Å². The Kier molecular flexibility index (Phi) is 2.77. The topological polar surface area (TPSA) is 0 Å². The molecule has 1 atom stereocenters. The van der Waals surface area contributed by atoms with Crippen LogP contribution in [0.3, 0.4) is 0 Å². The monoisotopic (exact) mass is 201 g/mol. The molecule has 0 saturated heterocycles. The molecule has 6 heavy (non-hydrogen) atoms. The van der Waals surface area contributed by atoms with Crippen molar-refractivity contribution in [3.63, 3.8) is 0 Å². The van der Waals surface area contributed by atoms with Crippen molar-refractivity contribution in [2.75, 3.05) is 4.38 Å². The number of alkyl halides is 1. The van der Waals surface area contributed by atoms with Crippen molar-refractivity contribution in [2.45, 2.75) is 26.2 Å². The standard InChI is InChI=1S/C5H11I/c1-2-3-4-5-6/h2-5H2,1H3/i4D,5D2. The first kappa shape index (κ1) is 2.90. The van der Waals surface area contributed by atoms with Crippen LogP contribution in [-0.2, 0) is 0 Å². The Labute approximate surface area is 57.7 Å². The van der Waals surface area contributed by atoms with Gasteiger partial charge in [0.05, 0.1) is 0 Å². The quantitative estimate of drug-likeness (QED) is 0.486. The molecule has 0 heterocycles. The Bertz CT molecular complexity index is 78.8. The van der Waals surface area contributed by atoms with Crippen LogP contribution in [0.15, 0.2) is 0 Å². The SMILES string of the molecule is [2H]C(CCC)C([2H])([2H])I. The molecule has 0 aliphatic heterocycles. The second-order valence-corrected chi connectivity index (χ2v) is 1.72. The first-order chi connectivity index (χ1) is 3.98. The summed E-state index contributed by atoms with van der Waals surface area (Å²) < 4.78 is 20.1. The van der Waals surface area contributed by atoms with E-state index in [1.54, 1.807) is 22.6 Å². The highest BCUT2D eigenvalue weighted by Crippen LogP contribution is 1.96. The third kappa shape index (κ3) is 4.73. The Morgan fingerprint density at radius 3 is 2.67 bits per heavy atom. The maximum absolute atomic E-state index is 7.24. The number of rotatable bonds is 3. The fourth-order valence-electron chi connectivity index (χ4n) is 0.199. The zero-order chi connectivity index (χ0) is 7.49. The van der Waals surface area contributed by atoms with Crippen LogP contribution in [0.5, 0.6) is 0 Å². The summed E-state index contributed by atoms with van der Waals surface area (Å²) in [5.74, 6) is 0. The molecule has 1 heteroatoms. The van der Waals surface area contributed by atoms with Crippen molar-refractivity contribution < 1.29 is 4.11 Å². The first-order valence-electron chi connectivity index (χ1n) is 3.67. The average Bonchev–Trinajstić information content (AvgIpc) is 1.64. The predicted molar refractivity (Wildman–Crippen MR) is 38.4 cm³/mol. The normalized spacial score (nSPS) is 24.0. The summed E-state index contributed by atoms with van der Waals surface area (Å²) in [5.41, 5.74) is 0. The van der Waals surface area contributed by atoms with E-state index in [1.165, 1.54) is 0 Å². The molecule has 0 aromatic heterocycles. The number of hydrogen-bond donors (Lipinski definition) is 0. The molecular formula is C5H11I. The van der Waals surface area contributed by atoms with Crippen LogP contribution in [-0.4, -0.2) is 4.38 Å². The van der Waals surface area contributed by atoms with Gasteiger partial charge in [-0.1, -0.05) is 42.4 Å². The van der Waals surface area contributed by atoms with Crippen LogP contribution >= 0.6 is 22.6 Å². The van der Waals surface area contributed by atoms with Gasteiger partial charge < -0.3 is 0 Å². The van der Waals surface area contributed by atoms with Gasteiger partial charge in [-0.05, 0) is 10.8 Å². The van der Waals surface area contributed by atoms with Crippen LogP contribution in [0.2, 0.25) is 0 Å². The summed E-state index contributed by atoms with van der Waals surface area (Å²) in [4.78, 5) is 0. The van der Waals surface area contributed by atoms with E-state index < -0.39 is 10.8 Å². The van der Waals surface area contributed by atoms with Crippen molar-refractivity contribution >= 4 is 22.6 Å². The lowest BCUT2D eigenvalue weighted by molar-refractivity contribution is 0.785. The summed E-state index contributed by atoms with van der Waals surface area (Å²) in [5, 5.41) is 0. The van der Waals surface area contributed by atoms with Gasteiger partial charge in [-0.2, -0.15) is 0 Å². The summed E-state index contributed by atoms with van der Waals surface area (Å²) in [7, 11) is 0. The minimum absolute atomic E-state index is 0.567. The lowest BCUT2D eigenvalue weighted by Crippen LogP contribution is -1.70. The highest BCUT2D eigenvalue weighted by atomic mass is 127. The summed E-state index contributed by atoms with van der Waals surface area (Å²) in [6, 6.07) is 0. The number of halogens is 1. The molecule has 0 aromatic rings. The molecule has 0 saturated carbocycles. The molecule has 0 N–H and O–H groups in total. The van der Waals surface area contributed by atoms with Crippen LogP contribution in [0.1, 0.15) is 30.3 Å². The lowest BCUT2D eigenvalue weighted by atomic mass is 10.3. The van der Waals surface area contributed by atoms with Crippen molar-refractivity contribution in [1.29, 1.82) is 0 Å². The van der Waals surface area contributed by atoms with Crippen LogP contribution < -0.4 is 0 Å². The molecule has 1 unspecified atom stereocenters. The van der Waals surface area contributed by atoms with E-state index >= 15 is 0 Å². The van der Waals surface area contributed by atoms with Gasteiger partial charge in [0.1, 0.15) is 0 Å². The molecule has 0 aliphatic carbocycles. The number of hydrogen-bond acceptors (Lipinski definition) is 0. The van der Waals surface area contributed by atoms with Gasteiger partial charge in [0.15, 0.2) is 0 Å². The van der Waals surface area contributed by atoms with Crippen molar-refractivity contribution in [3.05, 3.63) is 0 Å². The molecule has 0 amide bonds. The highest BCUT2D eigenvalue weighted by Gasteiger charge is 1.76. The second-order valence-electron chi connectivity index (χ2n) is 1.10. The van der Waals surface area contributed by atoms with E-state index in [9.17, 15) is 0 Å². The van der Waals surface area contributed by atoms with Gasteiger partial charge in [0.2, 0.25) is 0 Å². The molecule has 0 aromatic carbocycles. The molecule has 38 valence electrons. The second kappa shape index (κ2) is 5.73. The molecule has 0 spiro atoms. The molecule has 0 fully saturated rings. The van der Waals surface area contributed by atoms with E-state index in [0.29, 0.717) is 6.42 Å². The predicted octanol–water partition coefficient (Wildman–Crippen LogP) is 2.61. The van der Waals surface area contributed by atoms with Gasteiger partial charge in [-0.25, -0.2) is 0 Å². The molecule has 0 rings (SSSR count). The molecule has 0 radical (unpaired) electrons. The van der Waals surface area contributed by atoms with E-state index in [0.717, 1.165) is 6.42 Å². The average molecular weight is 201 g/mol.